The summed E-state index contributed by atoms with van der Waals surface area (Å²) in [5, 5.41) is 15.5. The first-order chi connectivity index (χ1) is 13.3. The minimum Gasteiger partial charge on any atom is -0.346 e. The van der Waals surface area contributed by atoms with E-state index in [-0.39, 0.29) is 5.91 Å². The standard InChI is InChI=1S/C20H24N6O/c27-20(19-15-26(24-23-19)18-9-5-2-6-10-18)21-11-17-12-22-25(14-17)13-16-7-3-1-4-8-16/h1,3-4,7-8,12,14-15,18H,2,5-6,9-11,13H2,(H,21,27). The lowest BCUT2D eigenvalue weighted by molar-refractivity contribution is 0.0946. The number of carbonyl (C=O) groups is 1. The molecule has 1 aliphatic rings. The Morgan fingerprint density at radius 2 is 1.89 bits per heavy atom. The molecule has 0 bridgehead atoms. The highest BCUT2D eigenvalue weighted by Crippen LogP contribution is 2.27. The highest BCUT2D eigenvalue weighted by Gasteiger charge is 2.18. The van der Waals surface area contributed by atoms with Gasteiger partial charge in [0.1, 0.15) is 0 Å². The monoisotopic (exact) mass is 364 g/mol. The largest absolute Gasteiger partial charge is 0.346 e. The summed E-state index contributed by atoms with van der Waals surface area (Å²) in [6, 6.07) is 10.5. The van der Waals surface area contributed by atoms with Gasteiger partial charge in [-0.1, -0.05) is 54.8 Å². The van der Waals surface area contributed by atoms with Crippen LogP contribution in [0, 0.1) is 0 Å². The Morgan fingerprint density at radius 1 is 1.07 bits per heavy atom. The van der Waals surface area contributed by atoms with Gasteiger partial charge < -0.3 is 5.32 Å². The molecule has 7 heteroatoms. The molecule has 0 spiro atoms. The maximum atomic E-state index is 12.4. The third kappa shape index (κ3) is 4.42. The summed E-state index contributed by atoms with van der Waals surface area (Å²) < 4.78 is 3.72. The third-order valence-electron chi connectivity index (χ3n) is 5.02. The molecule has 7 nitrogen and oxygen atoms in total. The summed E-state index contributed by atoms with van der Waals surface area (Å²) in [5.41, 5.74) is 2.52. The first-order valence-electron chi connectivity index (χ1n) is 9.53. The Bertz CT molecular complexity index is 879. The fourth-order valence-electron chi connectivity index (χ4n) is 3.53. The Labute approximate surface area is 158 Å². The van der Waals surface area contributed by atoms with Crippen LogP contribution < -0.4 is 5.32 Å². The van der Waals surface area contributed by atoms with Crippen molar-refractivity contribution in [3.8, 4) is 0 Å². The lowest BCUT2D eigenvalue weighted by Gasteiger charge is -2.20. The summed E-state index contributed by atoms with van der Waals surface area (Å²) in [7, 11) is 0. The van der Waals surface area contributed by atoms with Gasteiger partial charge in [0.05, 0.1) is 25.0 Å². The van der Waals surface area contributed by atoms with E-state index in [4.69, 9.17) is 0 Å². The molecule has 0 unspecified atom stereocenters. The number of amides is 1. The summed E-state index contributed by atoms with van der Waals surface area (Å²) >= 11 is 0. The number of benzene rings is 1. The van der Waals surface area contributed by atoms with Crippen LogP contribution in [0.2, 0.25) is 0 Å². The quantitative estimate of drug-likeness (QED) is 0.729. The van der Waals surface area contributed by atoms with Gasteiger partial charge in [-0.3, -0.25) is 9.48 Å². The average molecular weight is 364 g/mol. The van der Waals surface area contributed by atoms with Gasteiger partial charge in [-0.2, -0.15) is 5.10 Å². The molecule has 2 aromatic heterocycles. The van der Waals surface area contributed by atoms with Crippen molar-refractivity contribution in [3.05, 3.63) is 65.7 Å². The molecule has 1 saturated carbocycles. The summed E-state index contributed by atoms with van der Waals surface area (Å²) in [6.07, 6.45) is 11.5. The molecule has 1 fully saturated rings. The zero-order valence-corrected chi connectivity index (χ0v) is 15.3. The first kappa shape index (κ1) is 17.5. The highest BCUT2D eigenvalue weighted by atomic mass is 16.2. The van der Waals surface area contributed by atoms with Crippen LogP contribution in [0.15, 0.2) is 48.9 Å². The molecule has 1 N–H and O–H groups in total. The van der Waals surface area contributed by atoms with Crippen molar-refractivity contribution in [1.29, 1.82) is 0 Å². The van der Waals surface area contributed by atoms with E-state index in [1.165, 1.54) is 24.8 Å². The van der Waals surface area contributed by atoms with Gasteiger partial charge in [-0.25, -0.2) is 4.68 Å². The van der Waals surface area contributed by atoms with Crippen molar-refractivity contribution < 1.29 is 4.79 Å². The summed E-state index contributed by atoms with van der Waals surface area (Å²) in [4.78, 5) is 12.4. The second-order valence-electron chi connectivity index (χ2n) is 7.09. The molecule has 1 aromatic carbocycles. The molecule has 3 aromatic rings. The molecule has 0 aliphatic heterocycles. The van der Waals surface area contributed by atoms with Crippen LogP contribution in [0.5, 0.6) is 0 Å². The second kappa shape index (κ2) is 8.16. The molecule has 27 heavy (non-hydrogen) atoms. The smallest absolute Gasteiger partial charge is 0.273 e. The maximum Gasteiger partial charge on any atom is 0.273 e. The molecule has 2 heterocycles. The molecular formula is C20H24N6O. The molecule has 0 atom stereocenters. The molecular weight excluding hydrogens is 340 g/mol. The molecule has 1 amide bonds. The Kier molecular flexibility index (Phi) is 5.27. The number of nitrogens with zero attached hydrogens (tertiary/aromatic N) is 5. The van der Waals surface area contributed by atoms with Gasteiger partial charge in [0, 0.05) is 18.3 Å². The summed E-state index contributed by atoms with van der Waals surface area (Å²) in [6.45, 7) is 1.13. The van der Waals surface area contributed by atoms with Gasteiger partial charge in [0.25, 0.3) is 5.91 Å². The van der Waals surface area contributed by atoms with E-state index in [0.29, 0.717) is 24.8 Å². The maximum absolute atomic E-state index is 12.4. The lowest BCUT2D eigenvalue weighted by atomic mass is 9.96. The van der Waals surface area contributed by atoms with Crippen molar-refractivity contribution in [2.24, 2.45) is 0 Å². The SMILES string of the molecule is O=C(NCc1cnn(Cc2ccccc2)c1)c1cn(C2CCCCC2)nn1. The molecule has 0 radical (unpaired) electrons. The van der Waals surface area contributed by atoms with Crippen LogP contribution in [0.1, 0.15) is 59.8 Å². The van der Waals surface area contributed by atoms with E-state index in [1.807, 2.05) is 33.8 Å². The van der Waals surface area contributed by atoms with Gasteiger partial charge in [0.15, 0.2) is 5.69 Å². The van der Waals surface area contributed by atoms with Crippen molar-refractivity contribution in [2.45, 2.75) is 51.2 Å². The van der Waals surface area contributed by atoms with Crippen molar-refractivity contribution in [2.75, 3.05) is 0 Å². The number of carbonyl (C=O) groups excluding carboxylic acids is 1. The van der Waals surface area contributed by atoms with E-state index >= 15 is 0 Å². The molecule has 140 valence electrons. The van der Waals surface area contributed by atoms with Crippen LogP contribution in [0.25, 0.3) is 0 Å². The predicted octanol–water partition coefficient (Wildman–Crippen LogP) is 2.96. The van der Waals surface area contributed by atoms with Crippen molar-refractivity contribution in [3.63, 3.8) is 0 Å². The third-order valence-corrected chi connectivity index (χ3v) is 5.02. The van der Waals surface area contributed by atoms with Crippen LogP contribution in [0.3, 0.4) is 0 Å². The van der Waals surface area contributed by atoms with Gasteiger partial charge in [-0.05, 0) is 18.4 Å². The van der Waals surface area contributed by atoms with Crippen LogP contribution in [-0.2, 0) is 13.1 Å². The van der Waals surface area contributed by atoms with Gasteiger partial charge >= 0.3 is 0 Å². The highest BCUT2D eigenvalue weighted by molar-refractivity contribution is 5.91. The zero-order valence-electron chi connectivity index (χ0n) is 15.3. The van der Waals surface area contributed by atoms with E-state index in [1.54, 1.807) is 12.4 Å². The molecule has 4 rings (SSSR count). The van der Waals surface area contributed by atoms with Crippen LogP contribution in [0.4, 0.5) is 0 Å². The number of hydrogen-bond acceptors (Lipinski definition) is 4. The summed E-state index contributed by atoms with van der Waals surface area (Å²) in [5.74, 6) is -0.201. The zero-order chi connectivity index (χ0) is 18.5. The van der Waals surface area contributed by atoms with Crippen molar-refractivity contribution >= 4 is 5.91 Å². The van der Waals surface area contributed by atoms with E-state index in [2.05, 4.69) is 32.9 Å². The molecule has 1 aliphatic carbocycles. The van der Waals surface area contributed by atoms with Gasteiger partial charge in [-0.15, -0.1) is 5.10 Å². The van der Waals surface area contributed by atoms with Gasteiger partial charge in [0.2, 0.25) is 0 Å². The lowest BCUT2D eigenvalue weighted by Crippen LogP contribution is -2.23. The minimum absolute atomic E-state index is 0.201. The Morgan fingerprint density at radius 3 is 2.70 bits per heavy atom. The fraction of sp³-hybridized carbons (Fsp3) is 0.400. The van der Waals surface area contributed by atoms with E-state index < -0.39 is 0 Å². The Balaban J connectivity index is 1.31. The van der Waals surface area contributed by atoms with Crippen LogP contribution in [-0.4, -0.2) is 30.7 Å². The fourth-order valence-corrected chi connectivity index (χ4v) is 3.53. The Hall–Kier alpha value is -2.96. The second-order valence-corrected chi connectivity index (χ2v) is 7.09. The normalized spacial score (nSPS) is 15.0. The topological polar surface area (TPSA) is 77.6 Å². The first-order valence-corrected chi connectivity index (χ1v) is 9.53. The number of rotatable bonds is 6. The minimum atomic E-state index is -0.201. The number of hydrogen-bond donors (Lipinski definition) is 1. The van der Waals surface area contributed by atoms with E-state index in [9.17, 15) is 4.79 Å². The number of aromatic nitrogens is 5. The van der Waals surface area contributed by atoms with E-state index in [0.717, 1.165) is 18.4 Å². The van der Waals surface area contributed by atoms with Crippen molar-refractivity contribution in [1.82, 2.24) is 30.1 Å². The molecule has 0 saturated heterocycles. The average Bonchev–Trinajstić information content (AvgIpc) is 3.37. The predicted molar refractivity (Wildman–Crippen MR) is 101 cm³/mol. The van der Waals surface area contributed by atoms with Crippen LogP contribution >= 0.6 is 0 Å². The number of nitrogens with one attached hydrogen (secondary N) is 1.